The standard InChI is InChI=1S/C14H17BrN4OS/c1-3-4-16-13-11(5-10(15)6-17-13)14(20)18-7-12-9(2)19-8-21-12/h5-6,8H,3-4,7H2,1-2H3,(H,16,17)(H,18,20). The van der Waals surface area contributed by atoms with Gasteiger partial charge in [-0.25, -0.2) is 9.97 Å². The Kier molecular flexibility index (Phi) is 5.69. The lowest BCUT2D eigenvalue weighted by molar-refractivity contribution is 0.0951. The third-order valence-corrected chi connectivity index (χ3v) is 4.26. The first-order valence-electron chi connectivity index (χ1n) is 6.68. The fourth-order valence-electron chi connectivity index (χ4n) is 1.75. The Labute approximate surface area is 136 Å². The number of aromatic nitrogens is 2. The van der Waals surface area contributed by atoms with E-state index in [4.69, 9.17) is 0 Å². The summed E-state index contributed by atoms with van der Waals surface area (Å²) in [5.41, 5.74) is 3.28. The molecule has 2 heterocycles. The molecule has 0 aromatic carbocycles. The summed E-state index contributed by atoms with van der Waals surface area (Å²) in [6.45, 7) is 5.27. The van der Waals surface area contributed by atoms with Crippen LogP contribution in [0.5, 0.6) is 0 Å². The monoisotopic (exact) mass is 368 g/mol. The molecular formula is C14H17BrN4OS. The number of thiazole rings is 1. The van der Waals surface area contributed by atoms with Gasteiger partial charge in [0.05, 0.1) is 23.3 Å². The first-order valence-corrected chi connectivity index (χ1v) is 8.35. The second kappa shape index (κ2) is 7.51. The summed E-state index contributed by atoms with van der Waals surface area (Å²) in [4.78, 5) is 21.9. The lowest BCUT2D eigenvalue weighted by atomic mass is 10.2. The molecule has 0 atom stereocenters. The van der Waals surface area contributed by atoms with Crippen molar-refractivity contribution in [3.8, 4) is 0 Å². The fourth-order valence-corrected chi connectivity index (χ4v) is 2.80. The zero-order valence-electron chi connectivity index (χ0n) is 11.9. The van der Waals surface area contributed by atoms with E-state index in [1.54, 1.807) is 29.1 Å². The highest BCUT2D eigenvalue weighted by atomic mass is 79.9. The van der Waals surface area contributed by atoms with E-state index >= 15 is 0 Å². The van der Waals surface area contributed by atoms with Gasteiger partial charge in [0.1, 0.15) is 5.82 Å². The van der Waals surface area contributed by atoms with Gasteiger partial charge in [-0.05, 0) is 35.3 Å². The molecule has 0 aliphatic heterocycles. The Balaban J connectivity index is 2.10. The number of hydrogen-bond donors (Lipinski definition) is 2. The average Bonchev–Trinajstić information content (AvgIpc) is 2.88. The van der Waals surface area contributed by atoms with Crippen molar-refractivity contribution in [2.75, 3.05) is 11.9 Å². The van der Waals surface area contributed by atoms with Gasteiger partial charge in [-0.1, -0.05) is 6.92 Å². The maximum absolute atomic E-state index is 12.4. The van der Waals surface area contributed by atoms with Crippen LogP contribution < -0.4 is 10.6 Å². The van der Waals surface area contributed by atoms with Crippen LogP contribution in [0.25, 0.3) is 0 Å². The number of carbonyl (C=O) groups is 1. The van der Waals surface area contributed by atoms with E-state index in [1.807, 2.05) is 6.92 Å². The number of carbonyl (C=O) groups excluding carboxylic acids is 1. The lowest BCUT2D eigenvalue weighted by Gasteiger charge is -2.11. The van der Waals surface area contributed by atoms with Crippen molar-refractivity contribution in [1.82, 2.24) is 15.3 Å². The highest BCUT2D eigenvalue weighted by molar-refractivity contribution is 9.10. The second-order valence-corrected chi connectivity index (χ2v) is 6.38. The molecular weight excluding hydrogens is 352 g/mol. The van der Waals surface area contributed by atoms with Crippen LogP contribution in [0.2, 0.25) is 0 Å². The number of rotatable bonds is 6. The van der Waals surface area contributed by atoms with Crippen molar-refractivity contribution in [2.24, 2.45) is 0 Å². The van der Waals surface area contributed by atoms with Crippen molar-refractivity contribution in [3.05, 3.63) is 38.4 Å². The molecule has 0 saturated carbocycles. The van der Waals surface area contributed by atoms with E-state index in [2.05, 4.69) is 43.5 Å². The molecule has 0 aliphatic rings. The molecule has 7 heteroatoms. The van der Waals surface area contributed by atoms with Gasteiger partial charge in [0, 0.05) is 22.1 Å². The quantitative estimate of drug-likeness (QED) is 0.820. The molecule has 2 N–H and O–H groups in total. The first-order chi connectivity index (χ1) is 10.1. The third kappa shape index (κ3) is 4.25. The maximum Gasteiger partial charge on any atom is 0.255 e. The molecule has 0 bridgehead atoms. The molecule has 2 rings (SSSR count). The molecule has 0 spiro atoms. The minimum absolute atomic E-state index is 0.143. The van der Waals surface area contributed by atoms with E-state index in [1.165, 1.54) is 0 Å². The van der Waals surface area contributed by atoms with Gasteiger partial charge in [0.25, 0.3) is 5.91 Å². The Morgan fingerprint density at radius 3 is 2.90 bits per heavy atom. The van der Waals surface area contributed by atoms with Crippen LogP contribution in [0.1, 0.15) is 34.3 Å². The smallest absolute Gasteiger partial charge is 0.255 e. The highest BCUT2D eigenvalue weighted by Gasteiger charge is 2.14. The number of hydrogen-bond acceptors (Lipinski definition) is 5. The minimum Gasteiger partial charge on any atom is -0.369 e. The van der Waals surface area contributed by atoms with Gasteiger partial charge in [-0.15, -0.1) is 11.3 Å². The summed E-state index contributed by atoms with van der Waals surface area (Å²) in [5, 5.41) is 6.09. The maximum atomic E-state index is 12.4. The number of nitrogens with zero attached hydrogens (tertiary/aromatic N) is 2. The molecule has 0 fully saturated rings. The average molecular weight is 369 g/mol. The van der Waals surface area contributed by atoms with Gasteiger partial charge in [-0.3, -0.25) is 4.79 Å². The lowest BCUT2D eigenvalue weighted by Crippen LogP contribution is -2.24. The summed E-state index contributed by atoms with van der Waals surface area (Å²) in [5.74, 6) is 0.466. The predicted molar refractivity (Wildman–Crippen MR) is 88.7 cm³/mol. The number of pyridine rings is 1. The largest absolute Gasteiger partial charge is 0.369 e. The summed E-state index contributed by atoms with van der Waals surface area (Å²) in [6, 6.07) is 1.78. The Morgan fingerprint density at radius 2 is 2.24 bits per heavy atom. The van der Waals surface area contributed by atoms with E-state index in [0.717, 1.165) is 28.0 Å². The van der Waals surface area contributed by atoms with Crippen molar-refractivity contribution < 1.29 is 4.79 Å². The first kappa shape index (κ1) is 15.9. The van der Waals surface area contributed by atoms with E-state index in [-0.39, 0.29) is 5.91 Å². The number of nitrogens with one attached hydrogen (secondary N) is 2. The van der Waals surface area contributed by atoms with Crippen LogP contribution >= 0.6 is 27.3 Å². The zero-order valence-corrected chi connectivity index (χ0v) is 14.3. The van der Waals surface area contributed by atoms with Crippen LogP contribution in [0.15, 0.2) is 22.2 Å². The molecule has 0 saturated heterocycles. The Morgan fingerprint density at radius 1 is 1.43 bits per heavy atom. The fraction of sp³-hybridized carbons (Fsp3) is 0.357. The molecule has 2 aromatic rings. The molecule has 21 heavy (non-hydrogen) atoms. The normalized spacial score (nSPS) is 10.4. The molecule has 0 unspecified atom stereocenters. The summed E-state index contributed by atoms with van der Waals surface area (Å²) in [7, 11) is 0. The van der Waals surface area contributed by atoms with Crippen molar-refractivity contribution in [2.45, 2.75) is 26.8 Å². The van der Waals surface area contributed by atoms with Crippen LogP contribution in [-0.4, -0.2) is 22.4 Å². The molecule has 1 amide bonds. The van der Waals surface area contributed by atoms with Gasteiger partial charge < -0.3 is 10.6 Å². The number of amides is 1. The van der Waals surface area contributed by atoms with Gasteiger partial charge >= 0.3 is 0 Å². The molecule has 0 aliphatic carbocycles. The van der Waals surface area contributed by atoms with Crippen molar-refractivity contribution >= 4 is 39.0 Å². The van der Waals surface area contributed by atoms with Crippen molar-refractivity contribution in [3.63, 3.8) is 0 Å². The number of halogens is 1. The molecule has 112 valence electrons. The number of anilines is 1. The van der Waals surface area contributed by atoms with Gasteiger partial charge in [0.2, 0.25) is 0 Å². The topological polar surface area (TPSA) is 66.9 Å². The summed E-state index contributed by atoms with van der Waals surface area (Å²) in [6.07, 6.45) is 2.65. The van der Waals surface area contributed by atoms with E-state index in [0.29, 0.717) is 17.9 Å². The summed E-state index contributed by atoms with van der Waals surface area (Å²) >= 11 is 4.90. The molecule has 0 radical (unpaired) electrons. The van der Waals surface area contributed by atoms with Crippen molar-refractivity contribution in [1.29, 1.82) is 0 Å². The van der Waals surface area contributed by atoms with Crippen LogP contribution in [0.3, 0.4) is 0 Å². The van der Waals surface area contributed by atoms with Gasteiger partial charge in [0.15, 0.2) is 0 Å². The predicted octanol–water partition coefficient (Wildman–Crippen LogP) is 3.36. The van der Waals surface area contributed by atoms with Gasteiger partial charge in [-0.2, -0.15) is 0 Å². The second-order valence-electron chi connectivity index (χ2n) is 4.52. The van der Waals surface area contributed by atoms with Crippen LogP contribution in [0, 0.1) is 6.92 Å². The minimum atomic E-state index is -0.143. The Hall–Kier alpha value is -1.47. The van der Waals surface area contributed by atoms with Crippen LogP contribution in [0.4, 0.5) is 5.82 Å². The number of aryl methyl sites for hydroxylation is 1. The highest BCUT2D eigenvalue weighted by Crippen LogP contribution is 2.19. The summed E-state index contributed by atoms with van der Waals surface area (Å²) < 4.78 is 0.781. The van der Waals surface area contributed by atoms with Crippen LogP contribution in [-0.2, 0) is 6.54 Å². The van der Waals surface area contributed by atoms with E-state index in [9.17, 15) is 4.79 Å². The SMILES string of the molecule is CCCNc1ncc(Br)cc1C(=O)NCc1scnc1C. The zero-order chi connectivity index (χ0) is 15.2. The third-order valence-electron chi connectivity index (χ3n) is 2.90. The molecule has 2 aromatic heterocycles. The molecule has 5 nitrogen and oxygen atoms in total. The Bertz CT molecular complexity index is 629. The van der Waals surface area contributed by atoms with E-state index < -0.39 is 0 Å².